The standard InChI is InChI=1S/C16H23F2N3O2.HI/c1-2-19-15(21-11-16(22)5-7-23-8-6-16)20-10-12-9-13(17)3-4-14(12)18;/h3-4,9,22H,2,5-8,10-11H2,1H3,(H2,19,20,21);1H. The van der Waals surface area contributed by atoms with Gasteiger partial charge in [0.2, 0.25) is 0 Å². The maximum absolute atomic E-state index is 13.6. The predicted molar refractivity (Wildman–Crippen MR) is 99.6 cm³/mol. The van der Waals surface area contributed by atoms with Crippen LogP contribution in [0.2, 0.25) is 0 Å². The first-order valence-electron chi connectivity index (χ1n) is 7.79. The number of aliphatic hydroxyl groups is 1. The lowest BCUT2D eigenvalue weighted by atomic mass is 9.94. The van der Waals surface area contributed by atoms with Gasteiger partial charge in [-0.05, 0) is 25.1 Å². The average molecular weight is 455 g/mol. The second kappa shape index (κ2) is 10.1. The molecule has 0 amide bonds. The normalized spacial score (nSPS) is 17.1. The second-order valence-electron chi connectivity index (χ2n) is 5.62. The van der Waals surface area contributed by atoms with Gasteiger partial charge in [-0.1, -0.05) is 0 Å². The zero-order valence-corrected chi connectivity index (χ0v) is 16.0. The summed E-state index contributed by atoms with van der Waals surface area (Å²) in [7, 11) is 0. The molecule has 1 heterocycles. The molecule has 1 aliphatic heterocycles. The maximum atomic E-state index is 13.6. The van der Waals surface area contributed by atoms with E-state index in [0.29, 0.717) is 45.1 Å². The van der Waals surface area contributed by atoms with Gasteiger partial charge in [0.05, 0.1) is 12.1 Å². The minimum Gasteiger partial charge on any atom is -0.388 e. The summed E-state index contributed by atoms with van der Waals surface area (Å²) >= 11 is 0. The van der Waals surface area contributed by atoms with E-state index in [-0.39, 0.29) is 36.1 Å². The highest BCUT2D eigenvalue weighted by Crippen LogP contribution is 2.19. The minimum atomic E-state index is -0.835. The fourth-order valence-electron chi connectivity index (χ4n) is 2.35. The fourth-order valence-corrected chi connectivity index (χ4v) is 2.35. The first-order valence-corrected chi connectivity index (χ1v) is 7.79. The molecular formula is C16H24F2IN3O2. The number of guanidine groups is 1. The van der Waals surface area contributed by atoms with E-state index in [1.807, 2.05) is 6.92 Å². The molecule has 136 valence electrons. The van der Waals surface area contributed by atoms with Crippen LogP contribution in [0.25, 0.3) is 0 Å². The van der Waals surface area contributed by atoms with Crippen LogP contribution in [-0.2, 0) is 11.3 Å². The third kappa shape index (κ3) is 6.48. The summed E-state index contributed by atoms with van der Waals surface area (Å²) in [6, 6.07) is 3.30. The molecule has 2 rings (SSSR count). The Labute approximate surface area is 157 Å². The van der Waals surface area contributed by atoms with E-state index < -0.39 is 17.2 Å². The Morgan fingerprint density at radius 1 is 1.29 bits per heavy atom. The fraction of sp³-hybridized carbons (Fsp3) is 0.562. The van der Waals surface area contributed by atoms with Crippen LogP contribution < -0.4 is 10.6 Å². The van der Waals surface area contributed by atoms with Crippen LogP contribution in [0.4, 0.5) is 8.78 Å². The molecule has 24 heavy (non-hydrogen) atoms. The van der Waals surface area contributed by atoms with Crippen molar-refractivity contribution in [2.75, 3.05) is 26.3 Å². The van der Waals surface area contributed by atoms with Gasteiger partial charge >= 0.3 is 0 Å². The smallest absolute Gasteiger partial charge is 0.191 e. The van der Waals surface area contributed by atoms with Gasteiger partial charge in [-0.15, -0.1) is 24.0 Å². The van der Waals surface area contributed by atoms with Crippen LogP contribution in [0.1, 0.15) is 25.3 Å². The molecule has 0 aromatic heterocycles. The highest BCUT2D eigenvalue weighted by molar-refractivity contribution is 14.0. The van der Waals surface area contributed by atoms with Crippen molar-refractivity contribution in [3.05, 3.63) is 35.4 Å². The Hall–Kier alpha value is -1.00. The van der Waals surface area contributed by atoms with Crippen molar-refractivity contribution in [1.29, 1.82) is 0 Å². The van der Waals surface area contributed by atoms with Crippen molar-refractivity contribution < 1.29 is 18.6 Å². The number of ether oxygens (including phenoxy) is 1. The maximum Gasteiger partial charge on any atom is 0.191 e. The SMILES string of the molecule is CCNC(=NCc1cc(F)ccc1F)NCC1(O)CCOCC1.I. The number of hydrogen-bond acceptors (Lipinski definition) is 3. The van der Waals surface area contributed by atoms with Gasteiger partial charge in [0.25, 0.3) is 0 Å². The van der Waals surface area contributed by atoms with Crippen molar-refractivity contribution in [3.63, 3.8) is 0 Å². The molecular weight excluding hydrogens is 431 g/mol. The number of nitrogens with one attached hydrogen (secondary N) is 2. The lowest BCUT2D eigenvalue weighted by Gasteiger charge is -2.32. The minimum absolute atomic E-state index is 0. The van der Waals surface area contributed by atoms with E-state index in [4.69, 9.17) is 4.74 Å². The third-order valence-corrected chi connectivity index (χ3v) is 3.77. The number of benzene rings is 1. The first kappa shape index (κ1) is 21.0. The average Bonchev–Trinajstić information content (AvgIpc) is 2.54. The molecule has 1 saturated heterocycles. The van der Waals surface area contributed by atoms with E-state index in [0.717, 1.165) is 18.2 Å². The Balaban J connectivity index is 0.00000288. The summed E-state index contributed by atoms with van der Waals surface area (Å²) in [4.78, 5) is 4.25. The molecule has 0 radical (unpaired) electrons. The van der Waals surface area contributed by atoms with Crippen LogP contribution in [-0.4, -0.2) is 43.0 Å². The molecule has 0 unspecified atom stereocenters. The van der Waals surface area contributed by atoms with Crippen LogP contribution >= 0.6 is 24.0 Å². The molecule has 0 aliphatic carbocycles. The molecule has 1 aliphatic rings. The summed E-state index contributed by atoms with van der Waals surface area (Å²) in [5.74, 6) is -0.531. The van der Waals surface area contributed by atoms with Crippen molar-refractivity contribution >= 4 is 29.9 Å². The highest BCUT2D eigenvalue weighted by atomic mass is 127. The summed E-state index contributed by atoms with van der Waals surface area (Å²) in [5.41, 5.74) is -0.648. The molecule has 3 N–H and O–H groups in total. The zero-order valence-electron chi connectivity index (χ0n) is 13.6. The monoisotopic (exact) mass is 455 g/mol. The Morgan fingerprint density at radius 2 is 2.00 bits per heavy atom. The molecule has 5 nitrogen and oxygen atoms in total. The summed E-state index contributed by atoms with van der Waals surface area (Å²) in [6.07, 6.45) is 1.11. The van der Waals surface area contributed by atoms with Crippen LogP contribution in [0, 0.1) is 11.6 Å². The lowest BCUT2D eigenvalue weighted by molar-refractivity contribution is -0.0594. The third-order valence-electron chi connectivity index (χ3n) is 3.77. The topological polar surface area (TPSA) is 65.9 Å². The highest BCUT2D eigenvalue weighted by Gasteiger charge is 2.29. The lowest BCUT2D eigenvalue weighted by Crippen LogP contribution is -2.49. The molecule has 1 fully saturated rings. The van der Waals surface area contributed by atoms with Gasteiger partial charge < -0.3 is 20.5 Å². The molecule has 0 atom stereocenters. The summed E-state index contributed by atoms with van der Waals surface area (Å²) < 4.78 is 32.0. The van der Waals surface area contributed by atoms with Gasteiger partial charge in [0, 0.05) is 44.7 Å². The Bertz CT molecular complexity index is 552. The van der Waals surface area contributed by atoms with Crippen LogP contribution in [0.5, 0.6) is 0 Å². The number of nitrogens with zero attached hydrogens (tertiary/aromatic N) is 1. The van der Waals surface area contributed by atoms with E-state index >= 15 is 0 Å². The number of aliphatic imine (C=N–C) groups is 1. The summed E-state index contributed by atoms with van der Waals surface area (Å²) in [6.45, 7) is 3.93. The molecule has 0 bridgehead atoms. The van der Waals surface area contributed by atoms with E-state index in [1.54, 1.807) is 0 Å². The molecule has 0 saturated carbocycles. The number of hydrogen-bond donors (Lipinski definition) is 3. The summed E-state index contributed by atoms with van der Waals surface area (Å²) in [5, 5.41) is 16.5. The molecule has 8 heteroatoms. The van der Waals surface area contributed by atoms with Crippen LogP contribution in [0.15, 0.2) is 23.2 Å². The van der Waals surface area contributed by atoms with Gasteiger partial charge in [0.15, 0.2) is 5.96 Å². The van der Waals surface area contributed by atoms with E-state index in [9.17, 15) is 13.9 Å². The second-order valence-corrected chi connectivity index (χ2v) is 5.62. The van der Waals surface area contributed by atoms with Gasteiger partial charge in [-0.3, -0.25) is 0 Å². The van der Waals surface area contributed by atoms with Crippen molar-refractivity contribution in [2.45, 2.75) is 31.9 Å². The zero-order chi connectivity index (χ0) is 16.7. The molecule has 1 aromatic rings. The van der Waals surface area contributed by atoms with E-state index in [1.165, 1.54) is 0 Å². The largest absolute Gasteiger partial charge is 0.388 e. The Morgan fingerprint density at radius 3 is 2.67 bits per heavy atom. The van der Waals surface area contributed by atoms with Crippen molar-refractivity contribution in [1.82, 2.24) is 10.6 Å². The van der Waals surface area contributed by atoms with Gasteiger partial charge in [0.1, 0.15) is 11.6 Å². The Kier molecular flexibility index (Phi) is 8.85. The van der Waals surface area contributed by atoms with Gasteiger partial charge in [-0.2, -0.15) is 0 Å². The van der Waals surface area contributed by atoms with Crippen LogP contribution in [0.3, 0.4) is 0 Å². The molecule has 0 spiro atoms. The van der Waals surface area contributed by atoms with E-state index in [2.05, 4.69) is 15.6 Å². The number of rotatable bonds is 5. The van der Waals surface area contributed by atoms with Crippen molar-refractivity contribution in [2.24, 2.45) is 4.99 Å². The predicted octanol–water partition coefficient (Wildman–Crippen LogP) is 2.18. The van der Waals surface area contributed by atoms with Gasteiger partial charge in [-0.25, -0.2) is 13.8 Å². The molecule has 1 aromatic carbocycles. The van der Waals surface area contributed by atoms with Crippen molar-refractivity contribution in [3.8, 4) is 0 Å². The number of halogens is 3. The quantitative estimate of drug-likeness (QED) is 0.362. The first-order chi connectivity index (χ1) is 11.0.